The summed E-state index contributed by atoms with van der Waals surface area (Å²) < 4.78 is 13.3. The summed E-state index contributed by atoms with van der Waals surface area (Å²) in [7, 11) is 1.77. The van der Waals surface area contributed by atoms with Crippen LogP contribution in [-0.4, -0.2) is 59.4 Å². The molecular weight excluding hydrogens is 406 g/mol. The van der Waals surface area contributed by atoms with E-state index in [1.54, 1.807) is 7.11 Å². The Bertz CT molecular complexity index is 1150. The van der Waals surface area contributed by atoms with Gasteiger partial charge in [-0.05, 0) is 25.8 Å². The molecule has 168 valence electrons. The van der Waals surface area contributed by atoms with Gasteiger partial charge in [-0.3, -0.25) is 5.43 Å². The maximum absolute atomic E-state index is 6.22. The monoisotopic (exact) mass is 435 g/mol. The number of imidazole rings is 1. The van der Waals surface area contributed by atoms with Gasteiger partial charge in [0.2, 0.25) is 0 Å². The second kappa shape index (κ2) is 8.40. The largest absolute Gasteiger partial charge is 0.382 e. The van der Waals surface area contributed by atoms with E-state index in [1.807, 2.05) is 43.6 Å². The molecule has 0 atom stereocenters. The second-order valence-electron chi connectivity index (χ2n) is 8.54. The minimum absolute atomic E-state index is 0.106. The van der Waals surface area contributed by atoms with Crippen LogP contribution in [0.2, 0.25) is 0 Å². The predicted molar refractivity (Wildman–Crippen MR) is 125 cm³/mol. The van der Waals surface area contributed by atoms with Crippen molar-refractivity contribution in [1.29, 1.82) is 0 Å². The van der Waals surface area contributed by atoms with Crippen molar-refractivity contribution in [3.8, 4) is 0 Å². The average molecular weight is 436 g/mol. The van der Waals surface area contributed by atoms with Gasteiger partial charge in [0.25, 0.3) is 0 Å². The van der Waals surface area contributed by atoms with Crippen LogP contribution in [-0.2, 0) is 16.0 Å². The van der Waals surface area contributed by atoms with Gasteiger partial charge in [-0.25, -0.2) is 9.97 Å². The van der Waals surface area contributed by atoms with E-state index >= 15 is 0 Å². The molecule has 0 amide bonds. The molecule has 5 rings (SSSR count). The summed E-state index contributed by atoms with van der Waals surface area (Å²) >= 11 is 0. The first kappa shape index (κ1) is 20.7. The summed E-state index contributed by atoms with van der Waals surface area (Å²) in [5, 5.41) is 4.40. The van der Waals surface area contributed by atoms with Gasteiger partial charge in [-0.15, -0.1) is 0 Å². The van der Waals surface area contributed by atoms with Gasteiger partial charge in [0, 0.05) is 31.8 Å². The van der Waals surface area contributed by atoms with Crippen molar-refractivity contribution >= 4 is 28.5 Å². The summed E-state index contributed by atoms with van der Waals surface area (Å²) in [6.07, 6.45) is 3.96. The minimum Gasteiger partial charge on any atom is -0.382 e. The van der Waals surface area contributed by atoms with E-state index in [0.717, 1.165) is 60.5 Å². The lowest BCUT2D eigenvalue weighted by atomic mass is 10.1. The molecule has 2 fully saturated rings. The number of hydrazone groups is 1. The van der Waals surface area contributed by atoms with Crippen molar-refractivity contribution in [2.24, 2.45) is 10.8 Å². The van der Waals surface area contributed by atoms with E-state index in [4.69, 9.17) is 25.2 Å². The van der Waals surface area contributed by atoms with Gasteiger partial charge >= 0.3 is 0 Å². The Balaban J connectivity index is 1.50. The predicted octanol–water partition coefficient (Wildman–Crippen LogP) is 2.49. The molecule has 2 aliphatic rings. The van der Waals surface area contributed by atoms with Crippen LogP contribution in [0.3, 0.4) is 0 Å². The number of nitrogens with zero attached hydrogens (tertiary/aromatic N) is 5. The fraction of sp³-hybridized carbons (Fsp3) is 0.435. The fourth-order valence-electron chi connectivity index (χ4n) is 4.10. The number of morpholine rings is 1. The number of aryl methyl sites for hydroxylation is 1. The van der Waals surface area contributed by atoms with Crippen molar-refractivity contribution in [2.45, 2.75) is 31.9 Å². The van der Waals surface area contributed by atoms with E-state index in [-0.39, 0.29) is 5.60 Å². The Morgan fingerprint density at radius 2 is 2.09 bits per heavy atom. The zero-order valence-electron chi connectivity index (χ0n) is 18.5. The Labute approximate surface area is 187 Å². The molecule has 0 bridgehead atoms. The van der Waals surface area contributed by atoms with Crippen LogP contribution in [0.15, 0.2) is 41.8 Å². The molecule has 0 radical (unpaired) electrons. The van der Waals surface area contributed by atoms with E-state index in [1.165, 1.54) is 0 Å². The van der Waals surface area contributed by atoms with Gasteiger partial charge < -0.3 is 24.7 Å². The highest BCUT2D eigenvalue weighted by molar-refractivity contribution is 5.98. The van der Waals surface area contributed by atoms with Crippen LogP contribution in [0, 0.1) is 6.92 Å². The van der Waals surface area contributed by atoms with Crippen LogP contribution < -0.4 is 16.1 Å². The third-order valence-corrected chi connectivity index (χ3v) is 6.21. The van der Waals surface area contributed by atoms with Crippen molar-refractivity contribution in [2.75, 3.05) is 43.7 Å². The molecule has 3 heterocycles. The third kappa shape index (κ3) is 4.13. The topological polar surface area (TPSA) is 103 Å². The molecular formula is C23H29N7O2. The number of nitrogens with one attached hydrogen (secondary N) is 1. The molecule has 1 aromatic carbocycles. The molecule has 3 aromatic rings. The number of benzene rings is 1. The van der Waals surface area contributed by atoms with Crippen LogP contribution in [0.4, 0.5) is 11.5 Å². The second-order valence-corrected chi connectivity index (χ2v) is 8.54. The van der Waals surface area contributed by atoms with Gasteiger partial charge in [0.1, 0.15) is 5.52 Å². The highest BCUT2D eigenvalue weighted by Crippen LogP contribution is 2.41. The summed E-state index contributed by atoms with van der Waals surface area (Å²) in [4.78, 5) is 11.8. The zero-order chi connectivity index (χ0) is 22.1. The number of aromatic nitrogens is 3. The normalized spacial score (nSPS) is 18.2. The zero-order valence-corrected chi connectivity index (χ0v) is 18.5. The van der Waals surface area contributed by atoms with Gasteiger partial charge in [0.15, 0.2) is 17.3 Å². The van der Waals surface area contributed by atoms with Gasteiger partial charge in [-0.1, -0.05) is 23.8 Å². The molecule has 32 heavy (non-hydrogen) atoms. The molecule has 1 saturated carbocycles. The Kier molecular flexibility index (Phi) is 5.44. The highest BCUT2D eigenvalue weighted by atomic mass is 16.5. The number of hydrogen-bond donors (Lipinski definition) is 2. The number of ether oxygens (including phenoxy) is 2. The molecule has 1 saturated heterocycles. The SMILES string of the molecule is COC1(Cn2cnc3c(N4CCOCC4)cc(N/N=C(\N)c4cccc(C)c4)nc32)CC1. The summed E-state index contributed by atoms with van der Waals surface area (Å²) in [5.74, 6) is 1.03. The first-order valence-electron chi connectivity index (χ1n) is 11.0. The standard InChI is InChI=1S/C23H29N7O2/c1-16-4-3-5-17(12-16)21(24)28-27-19-13-18(29-8-10-32-11-9-29)20-22(26-19)30(15-25-20)14-23(31-2)6-7-23/h3-5,12-13,15H,6-11,14H2,1-2H3,(H2,24,28)(H,26,27). The van der Waals surface area contributed by atoms with Gasteiger partial charge in [0.05, 0.1) is 37.4 Å². The Morgan fingerprint density at radius 1 is 1.28 bits per heavy atom. The van der Waals surface area contributed by atoms with Crippen molar-refractivity contribution in [1.82, 2.24) is 14.5 Å². The Morgan fingerprint density at radius 3 is 2.81 bits per heavy atom. The first-order chi connectivity index (χ1) is 15.6. The lowest BCUT2D eigenvalue weighted by Gasteiger charge is -2.29. The number of pyridine rings is 1. The number of amidine groups is 1. The molecule has 9 nitrogen and oxygen atoms in total. The maximum atomic E-state index is 6.22. The lowest BCUT2D eigenvalue weighted by molar-refractivity contribution is 0.0659. The molecule has 3 N–H and O–H groups in total. The molecule has 9 heteroatoms. The summed E-state index contributed by atoms with van der Waals surface area (Å²) in [6.45, 7) is 5.76. The number of nitrogens with two attached hydrogens (primary N) is 1. The van der Waals surface area contributed by atoms with Crippen molar-refractivity contribution in [3.05, 3.63) is 47.8 Å². The fourth-order valence-corrected chi connectivity index (χ4v) is 4.10. The molecule has 2 aromatic heterocycles. The minimum atomic E-state index is -0.106. The molecule has 0 spiro atoms. The summed E-state index contributed by atoms with van der Waals surface area (Å²) in [5.41, 5.74) is 13.9. The molecule has 1 aliphatic heterocycles. The molecule has 0 unspecified atom stereocenters. The van der Waals surface area contributed by atoms with E-state index in [9.17, 15) is 0 Å². The van der Waals surface area contributed by atoms with E-state index in [2.05, 4.69) is 20.0 Å². The average Bonchev–Trinajstić information content (AvgIpc) is 3.49. The van der Waals surface area contributed by atoms with Crippen LogP contribution in [0.1, 0.15) is 24.0 Å². The number of hydrogen-bond acceptors (Lipinski definition) is 7. The third-order valence-electron chi connectivity index (χ3n) is 6.21. The van der Waals surface area contributed by atoms with Crippen LogP contribution >= 0.6 is 0 Å². The van der Waals surface area contributed by atoms with E-state index in [0.29, 0.717) is 24.9 Å². The number of rotatable bonds is 7. The first-order valence-corrected chi connectivity index (χ1v) is 11.0. The highest BCUT2D eigenvalue weighted by Gasteiger charge is 2.43. The smallest absolute Gasteiger partial charge is 0.164 e. The quantitative estimate of drug-likeness (QED) is 0.334. The van der Waals surface area contributed by atoms with Gasteiger partial charge in [-0.2, -0.15) is 5.10 Å². The number of methoxy groups -OCH3 is 1. The van der Waals surface area contributed by atoms with Crippen LogP contribution in [0.25, 0.3) is 11.2 Å². The summed E-state index contributed by atoms with van der Waals surface area (Å²) in [6, 6.07) is 9.93. The maximum Gasteiger partial charge on any atom is 0.164 e. The van der Waals surface area contributed by atoms with E-state index < -0.39 is 0 Å². The molecule has 1 aliphatic carbocycles. The number of fused-ring (bicyclic) bond motifs is 1. The number of anilines is 2. The van der Waals surface area contributed by atoms with Crippen molar-refractivity contribution < 1.29 is 9.47 Å². The van der Waals surface area contributed by atoms with Crippen LogP contribution in [0.5, 0.6) is 0 Å². The van der Waals surface area contributed by atoms with Crippen molar-refractivity contribution in [3.63, 3.8) is 0 Å². The Hall–Kier alpha value is -3.17. The lowest BCUT2D eigenvalue weighted by Crippen LogP contribution is -2.36.